The largest absolute Gasteiger partial charge is 0.502 e. The lowest BCUT2D eigenvalue weighted by atomic mass is 10.3. The van der Waals surface area contributed by atoms with Crippen LogP contribution in [0.2, 0.25) is 0 Å². The van der Waals surface area contributed by atoms with Crippen LogP contribution in [0.4, 0.5) is 0 Å². The lowest BCUT2D eigenvalue weighted by Crippen LogP contribution is -2.34. The van der Waals surface area contributed by atoms with Crippen molar-refractivity contribution in [3.8, 4) is 5.75 Å². The Morgan fingerprint density at radius 2 is 2.24 bits per heavy atom. The average molecular weight is 238 g/mol. The van der Waals surface area contributed by atoms with Gasteiger partial charge >= 0.3 is 0 Å². The molecular weight excluding hydrogens is 224 g/mol. The Hall–Kier alpha value is -1.82. The highest BCUT2D eigenvalue weighted by atomic mass is 16.4. The van der Waals surface area contributed by atoms with Crippen LogP contribution < -0.4 is 10.7 Å². The number of rotatable bonds is 1. The van der Waals surface area contributed by atoms with E-state index in [-0.39, 0.29) is 11.7 Å². The van der Waals surface area contributed by atoms with Crippen LogP contribution in [0.15, 0.2) is 21.5 Å². The van der Waals surface area contributed by atoms with Gasteiger partial charge < -0.3 is 19.7 Å². The Morgan fingerprint density at radius 1 is 1.41 bits per heavy atom. The van der Waals surface area contributed by atoms with Crippen LogP contribution in [0, 0.1) is 0 Å². The van der Waals surface area contributed by atoms with E-state index >= 15 is 0 Å². The monoisotopic (exact) mass is 238 g/mol. The molecule has 1 aromatic heterocycles. The van der Waals surface area contributed by atoms with Gasteiger partial charge in [0.1, 0.15) is 6.26 Å². The van der Waals surface area contributed by atoms with E-state index in [1.54, 1.807) is 4.90 Å². The van der Waals surface area contributed by atoms with Gasteiger partial charge in [0.25, 0.3) is 5.91 Å². The molecule has 2 rings (SSSR count). The quantitative estimate of drug-likeness (QED) is 0.706. The van der Waals surface area contributed by atoms with Crippen LogP contribution in [0.1, 0.15) is 17.0 Å². The molecule has 0 bridgehead atoms. The fourth-order valence-corrected chi connectivity index (χ4v) is 1.72. The second kappa shape index (κ2) is 5.01. The molecule has 6 nitrogen and oxygen atoms in total. The van der Waals surface area contributed by atoms with Gasteiger partial charge in [-0.2, -0.15) is 0 Å². The fraction of sp³-hybridized carbons (Fsp3) is 0.455. The maximum Gasteiger partial charge on any atom is 0.289 e. The number of aromatic hydroxyl groups is 1. The van der Waals surface area contributed by atoms with E-state index in [9.17, 15) is 9.59 Å². The second-order valence-electron chi connectivity index (χ2n) is 3.89. The van der Waals surface area contributed by atoms with Gasteiger partial charge in [0.2, 0.25) is 5.43 Å². The van der Waals surface area contributed by atoms with Crippen molar-refractivity contribution in [1.29, 1.82) is 0 Å². The van der Waals surface area contributed by atoms with Gasteiger partial charge in [-0.3, -0.25) is 9.59 Å². The van der Waals surface area contributed by atoms with Crippen molar-refractivity contribution < 1.29 is 14.3 Å². The van der Waals surface area contributed by atoms with Gasteiger partial charge in [0.15, 0.2) is 11.5 Å². The number of hydrogen-bond donors (Lipinski definition) is 2. The highest BCUT2D eigenvalue weighted by Crippen LogP contribution is 2.08. The summed E-state index contributed by atoms with van der Waals surface area (Å²) in [6, 6.07) is 1.02. The highest BCUT2D eigenvalue weighted by molar-refractivity contribution is 5.91. The third kappa shape index (κ3) is 2.65. The van der Waals surface area contributed by atoms with Crippen LogP contribution >= 0.6 is 0 Å². The van der Waals surface area contributed by atoms with E-state index in [4.69, 9.17) is 9.52 Å². The maximum atomic E-state index is 12.0. The molecule has 1 aliphatic rings. The smallest absolute Gasteiger partial charge is 0.289 e. The molecule has 1 saturated heterocycles. The summed E-state index contributed by atoms with van der Waals surface area (Å²) >= 11 is 0. The Labute approximate surface area is 97.8 Å². The first-order valence-electron chi connectivity index (χ1n) is 5.50. The van der Waals surface area contributed by atoms with E-state index in [0.29, 0.717) is 13.1 Å². The third-order valence-electron chi connectivity index (χ3n) is 2.65. The first kappa shape index (κ1) is 11.7. The molecule has 0 aliphatic carbocycles. The minimum absolute atomic E-state index is 0.0327. The molecule has 2 N–H and O–H groups in total. The van der Waals surface area contributed by atoms with Gasteiger partial charge in [0.05, 0.1) is 0 Å². The average Bonchev–Trinajstić information content (AvgIpc) is 2.60. The zero-order valence-electron chi connectivity index (χ0n) is 9.31. The maximum absolute atomic E-state index is 12.0. The number of nitrogens with zero attached hydrogens (tertiary/aromatic N) is 1. The summed E-state index contributed by atoms with van der Waals surface area (Å²) in [7, 11) is 0. The van der Waals surface area contributed by atoms with Crippen LogP contribution in [-0.4, -0.2) is 42.1 Å². The first-order valence-corrected chi connectivity index (χ1v) is 5.50. The number of carbonyl (C=O) groups is 1. The van der Waals surface area contributed by atoms with Gasteiger partial charge in [-0.15, -0.1) is 0 Å². The molecular formula is C11H14N2O4. The standard InChI is InChI=1S/C11H14N2O4/c14-8-6-10(17-7-9(8)15)11(16)13-4-1-2-12-3-5-13/h6-7,12,15H,1-5H2. The molecule has 0 spiro atoms. The van der Waals surface area contributed by atoms with Crippen molar-refractivity contribution >= 4 is 5.91 Å². The van der Waals surface area contributed by atoms with E-state index in [0.717, 1.165) is 31.8 Å². The van der Waals surface area contributed by atoms with Crippen molar-refractivity contribution in [2.45, 2.75) is 6.42 Å². The normalized spacial score (nSPS) is 16.6. The number of nitrogens with one attached hydrogen (secondary N) is 1. The lowest BCUT2D eigenvalue weighted by molar-refractivity contribution is 0.0731. The summed E-state index contributed by atoms with van der Waals surface area (Å²) in [5.41, 5.74) is -0.604. The van der Waals surface area contributed by atoms with E-state index < -0.39 is 11.2 Å². The van der Waals surface area contributed by atoms with E-state index in [1.807, 2.05) is 0 Å². The Kier molecular flexibility index (Phi) is 3.43. The molecule has 6 heteroatoms. The van der Waals surface area contributed by atoms with Crippen molar-refractivity contribution in [2.24, 2.45) is 0 Å². The molecule has 1 aromatic rings. The van der Waals surface area contributed by atoms with Gasteiger partial charge in [-0.05, 0) is 13.0 Å². The van der Waals surface area contributed by atoms with Crippen LogP contribution in [0.25, 0.3) is 0 Å². The predicted molar refractivity (Wildman–Crippen MR) is 60.0 cm³/mol. The number of carbonyl (C=O) groups excluding carboxylic acids is 1. The molecule has 1 aliphatic heterocycles. The summed E-state index contributed by atoms with van der Waals surface area (Å²) in [6.07, 6.45) is 1.76. The molecule has 1 amide bonds. The number of hydrogen-bond acceptors (Lipinski definition) is 5. The highest BCUT2D eigenvalue weighted by Gasteiger charge is 2.19. The van der Waals surface area contributed by atoms with Gasteiger partial charge in [-0.1, -0.05) is 0 Å². The minimum atomic E-state index is -0.604. The Morgan fingerprint density at radius 3 is 3.00 bits per heavy atom. The topological polar surface area (TPSA) is 82.8 Å². The summed E-state index contributed by atoms with van der Waals surface area (Å²) in [4.78, 5) is 24.8. The van der Waals surface area contributed by atoms with E-state index in [1.165, 1.54) is 0 Å². The molecule has 17 heavy (non-hydrogen) atoms. The molecule has 0 radical (unpaired) electrons. The van der Waals surface area contributed by atoms with Gasteiger partial charge in [-0.25, -0.2) is 0 Å². The summed E-state index contributed by atoms with van der Waals surface area (Å²) < 4.78 is 4.93. The summed E-state index contributed by atoms with van der Waals surface area (Å²) in [5.74, 6) is -0.834. The molecule has 1 fully saturated rings. The van der Waals surface area contributed by atoms with Crippen molar-refractivity contribution in [2.75, 3.05) is 26.2 Å². The molecule has 92 valence electrons. The summed E-state index contributed by atoms with van der Waals surface area (Å²) in [6.45, 7) is 2.83. The van der Waals surface area contributed by atoms with Crippen molar-refractivity contribution in [3.05, 3.63) is 28.3 Å². The van der Waals surface area contributed by atoms with Crippen molar-refractivity contribution in [1.82, 2.24) is 10.2 Å². The van der Waals surface area contributed by atoms with Crippen molar-refractivity contribution in [3.63, 3.8) is 0 Å². The zero-order valence-corrected chi connectivity index (χ0v) is 9.31. The van der Waals surface area contributed by atoms with Gasteiger partial charge in [0, 0.05) is 25.7 Å². The molecule has 0 atom stereocenters. The predicted octanol–water partition coefficient (Wildman–Crippen LogP) is -0.219. The van der Waals surface area contributed by atoms with E-state index in [2.05, 4.69) is 5.32 Å². The molecule has 0 saturated carbocycles. The zero-order chi connectivity index (χ0) is 12.3. The molecule has 0 aromatic carbocycles. The number of amides is 1. The lowest BCUT2D eigenvalue weighted by Gasteiger charge is -2.18. The fourth-order valence-electron chi connectivity index (χ4n) is 1.72. The second-order valence-corrected chi connectivity index (χ2v) is 3.89. The van der Waals surface area contributed by atoms with Crippen LogP contribution in [0.3, 0.4) is 0 Å². The summed E-state index contributed by atoms with van der Waals surface area (Å²) in [5, 5.41) is 12.2. The Bertz CT molecular complexity index is 461. The Balaban J connectivity index is 2.17. The first-order chi connectivity index (χ1) is 8.18. The molecule has 2 heterocycles. The van der Waals surface area contributed by atoms with Crippen LogP contribution in [-0.2, 0) is 0 Å². The minimum Gasteiger partial charge on any atom is -0.502 e. The van der Waals surface area contributed by atoms with Crippen LogP contribution in [0.5, 0.6) is 5.75 Å². The third-order valence-corrected chi connectivity index (χ3v) is 2.65. The molecule has 0 unspecified atom stereocenters. The SMILES string of the molecule is O=C(c1cc(=O)c(O)co1)N1CCCNCC1.